The molecular weight excluding hydrogens is 322 g/mol. The molecule has 5 saturated carbocycles. The average molecular weight is 354 g/mol. The average Bonchev–Trinajstić information content (AvgIpc) is 3.36. The van der Waals surface area contributed by atoms with Crippen LogP contribution in [-0.2, 0) is 14.9 Å². The molecule has 5 aliphatic rings. The number of benzene rings is 1. The number of carbonyl (C=O) groups excluding carboxylic acids is 1. The normalized spacial score (nSPS) is 42.7. The van der Waals surface area contributed by atoms with E-state index in [1.165, 1.54) is 38.5 Å². The van der Waals surface area contributed by atoms with E-state index in [9.17, 15) is 4.79 Å². The molecule has 0 aromatic heterocycles. The highest BCUT2D eigenvalue weighted by Crippen LogP contribution is 2.58. The molecule has 0 amide bonds. The van der Waals surface area contributed by atoms with Crippen LogP contribution in [0.1, 0.15) is 57.4 Å². The van der Waals surface area contributed by atoms with Crippen molar-refractivity contribution in [1.82, 2.24) is 5.32 Å². The first-order valence-electron chi connectivity index (χ1n) is 10.6. The van der Waals surface area contributed by atoms with E-state index in [2.05, 4.69) is 17.4 Å². The monoisotopic (exact) mass is 353 g/mol. The number of esters is 1. The van der Waals surface area contributed by atoms with E-state index in [1.54, 1.807) is 0 Å². The fourth-order valence-electron chi connectivity index (χ4n) is 6.96. The lowest BCUT2D eigenvalue weighted by molar-refractivity contribution is -0.146. The minimum absolute atomic E-state index is 0.0245. The fourth-order valence-corrected chi connectivity index (χ4v) is 6.96. The summed E-state index contributed by atoms with van der Waals surface area (Å²) < 4.78 is 5.48. The van der Waals surface area contributed by atoms with Crippen molar-refractivity contribution < 1.29 is 9.53 Å². The Hall–Kier alpha value is -1.35. The van der Waals surface area contributed by atoms with Crippen molar-refractivity contribution in [3.8, 4) is 0 Å². The number of nitrogens with one attached hydrogen (secondary N) is 1. The standard InChI is InChI=1S/C23H31NO2/c1-2-26-21(25)23(19-6-4-3-5-7-19)14-20(23)15-24-22-11-16-8-17(12-22)10-18(9-16)13-22/h3-7,16-18,20,24H,2,8-15H2,1H3/t16?,17?,18?,20-,22?,23+/m1/s1. The Labute approximate surface area is 156 Å². The van der Waals surface area contributed by atoms with Crippen molar-refractivity contribution >= 4 is 5.97 Å². The van der Waals surface area contributed by atoms with Gasteiger partial charge in [-0.05, 0) is 87.6 Å². The maximum atomic E-state index is 12.8. The van der Waals surface area contributed by atoms with Crippen molar-refractivity contribution in [2.24, 2.45) is 23.7 Å². The molecule has 0 aliphatic heterocycles. The van der Waals surface area contributed by atoms with Gasteiger partial charge in [-0.1, -0.05) is 30.3 Å². The van der Waals surface area contributed by atoms with Crippen LogP contribution < -0.4 is 5.32 Å². The van der Waals surface area contributed by atoms with E-state index < -0.39 is 5.41 Å². The van der Waals surface area contributed by atoms with Crippen LogP contribution in [0.2, 0.25) is 0 Å². The second kappa shape index (κ2) is 6.09. The van der Waals surface area contributed by atoms with Crippen molar-refractivity contribution in [1.29, 1.82) is 0 Å². The van der Waals surface area contributed by atoms with Crippen LogP contribution in [0.5, 0.6) is 0 Å². The maximum absolute atomic E-state index is 12.8. The summed E-state index contributed by atoms with van der Waals surface area (Å²) in [7, 11) is 0. The maximum Gasteiger partial charge on any atom is 0.316 e. The van der Waals surface area contributed by atoms with E-state index in [0.717, 1.165) is 36.3 Å². The molecule has 6 rings (SSSR count). The molecule has 0 unspecified atom stereocenters. The van der Waals surface area contributed by atoms with Crippen molar-refractivity contribution in [2.45, 2.75) is 62.8 Å². The Morgan fingerprint density at radius 1 is 1.04 bits per heavy atom. The lowest BCUT2D eigenvalue weighted by Gasteiger charge is -2.57. The number of ether oxygens (including phenoxy) is 1. The fraction of sp³-hybridized carbons (Fsp3) is 0.696. The Morgan fingerprint density at radius 3 is 2.23 bits per heavy atom. The molecule has 0 spiro atoms. The molecule has 5 aliphatic carbocycles. The molecule has 0 heterocycles. The third kappa shape index (κ3) is 2.62. The predicted molar refractivity (Wildman–Crippen MR) is 102 cm³/mol. The molecule has 0 radical (unpaired) electrons. The summed E-state index contributed by atoms with van der Waals surface area (Å²) in [4.78, 5) is 12.8. The van der Waals surface area contributed by atoms with Crippen molar-refractivity contribution in [2.75, 3.05) is 13.2 Å². The number of rotatable bonds is 6. The van der Waals surface area contributed by atoms with Crippen LogP contribution in [0, 0.1) is 23.7 Å². The topological polar surface area (TPSA) is 38.3 Å². The number of carbonyl (C=O) groups is 1. The number of hydrogen-bond acceptors (Lipinski definition) is 3. The Morgan fingerprint density at radius 2 is 1.65 bits per heavy atom. The van der Waals surface area contributed by atoms with E-state index in [0.29, 0.717) is 18.1 Å². The molecule has 0 saturated heterocycles. The summed E-state index contributed by atoms with van der Waals surface area (Å²) >= 11 is 0. The highest BCUT2D eigenvalue weighted by Gasteiger charge is 2.62. The van der Waals surface area contributed by atoms with Gasteiger partial charge in [-0.15, -0.1) is 0 Å². The third-order valence-electron chi connectivity index (χ3n) is 7.80. The highest BCUT2D eigenvalue weighted by molar-refractivity contribution is 5.87. The van der Waals surface area contributed by atoms with Gasteiger partial charge in [-0.3, -0.25) is 4.79 Å². The van der Waals surface area contributed by atoms with Gasteiger partial charge in [0.2, 0.25) is 0 Å². The molecule has 3 nitrogen and oxygen atoms in total. The van der Waals surface area contributed by atoms with Crippen LogP contribution in [0.4, 0.5) is 0 Å². The SMILES string of the molecule is CCOC(=O)[C@]1(c2ccccc2)C[C@@H]1CNC12CC3CC(CC(C3)C1)C2. The van der Waals surface area contributed by atoms with Gasteiger partial charge in [0.25, 0.3) is 0 Å². The molecular formula is C23H31NO2. The van der Waals surface area contributed by atoms with Gasteiger partial charge in [-0.2, -0.15) is 0 Å². The summed E-state index contributed by atoms with van der Waals surface area (Å²) in [5.74, 6) is 3.21. The first kappa shape index (κ1) is 16.8. The van der Waals surface area contributed by atoms with Crippen LogP contribution in [-0.4, -0.2) is 24.7 Å². The molecule has 140 valence electrons. The second-order valence-electron chi connectivity index (χ2n) is 9.54. The first-order chi connectivity index (χ1) is 12.6. The quantitative estimate of drug-likeness (QED) is 0.784. The molecule has 3 heteroatoms. The van der Waals surface area contributed by atoms with Crippen LogP contribution >= 0.6 is 0 Å². The molecule has 1 N–H and O–H groups in total. The lowest BCUT2D eigenvalue weighted by Crippen LogP contribution is -2.58. The Kier molecular flexibility index (Phi) is 3.93. The Bertz CT molecular complexity index is 649. The van der Waals surface area contributed by atoms with E-state index in [4.69, 9.17) is 4.74 Å². The molecule has 5 fully saturated rings. The largest absolute Gasteiger partial charge is 0.465 e. The van der Waals surface area contributed by atoms with Gasteiger partial charge < -0.3 is 10.1 Å². The van der Waals surface area contributed by atoms with Gasteiger partial charge in [0, 0.05) is 5.54 Å². The third-order valence-corrected chi connectivity index (χ3v) is 7.80. The Balaban J connectivity index is 1.31. The van der Waals surface area contributed by atoms with Crippen molar-refractivity contribution in [3.05, 3.63) is 35.9 Å². The number of hydrogen-bond donors (Lipinski definition) is 1. The highest BCUT2D eigenvalue weighted by atomic mass is 16.5. The van der Waals surface area contributed by atoms with Gasteiger partial charge in [0.15, 0.2) is 0 Å². The molecule has 26 heavy (non-hydrogen) atoms. The first-order valence-corrected chi connectivity index (χ1v) is 10.6. The lowest BCUT2D eigenvalue weighted by atomic mass is 9.53. The summed E-state index contributed by atoms with van der Waals surface area (Å²) in [5, 5.41) is 4.00. The van der Waals surface area contributed by atoms with Gasteiger partial charge >= 0.3 is 5.97 Å². The minimum Gasteiger partial charge on any atom is -0.465 e. The van der Waals surface area contributed by atoms with Crippen molar-refractivity contribution in [3.63, 3.8) is 0 Å². The zero-order valence-corrected chi connectivity index (χ0v) is 15.9. The summed E-state index contributed by atoms with van der Waals surface area (Å²) in [6.07, 6.45) is 9.44. The molecule has 1 aromatic rings. The zero-order chi connectivity index (χ0) is 17.8. The van der Waals surface area contributed by atoms with E-state index >= 15 is 0 Å². The second-order valence-corrected chi connectivity index (χ2v) is 9.54. The van der Waals surface area contributed by atoms with E-state index in [-0.39, 0.29) is 5.97 Å². The summed E-state index contributed by atoms with van der Waals surface area (Å²) in [6.45, 7) is 3.32. The summed E-state index contributed by atoms with van der Waals surface area (Å²) in [6, 6.07) is 10.3. The van der Waals surface area contributed by atoms with Crippen LogP contribution in [0.15, 0.2) is 30.3 Å². The van der Waals surface area contributed by atoms with Crippen LogP contribution in [0.3, 0.4) is 0 Å². The predicted octanol–water partition coefficient (Wildman–Crippen LogP) is 4.07. The van der Waals surface area contributed by atoms with Gasteiger partial charge in [0.1, 0.15) is 0 Å². The zero-order valence-electron chi connectivity index (χ0n) is 15.9. The summed E-state index contributed by atoms with van der Waals surface area (Å²) in [5.41, 5.74) is 1.09. The van der Waals surface area contributed by atoms with Gasteiger partial charge in [-0.25, -0.2) is 0 Å². The molecule has 1 aromatic carbocycles. The smallest absolute Gasteiger partial charge is 0.316 e. The van der Waals surface area contributed by atoms with Crippen LogP contribution in [0.25, 0.3) is 0 Å². The van der Waals surface area contributed by atoms with E-state index in [1.807, 2.05) is 25.1 Å². The molecule has 2 atom stereocenters. The minimum atomic E-state index is -0.410. The molecule has 4 bridgehead atoms. The van der Waals surface area contributed by atoms with Gasteiger partial charge in [0.05, 0.1) is 12.0 Å².